The quantitative estimate of drug-likeness (QED) is 0.176. The molecule has 50 heavy (non-hydrogen) atoms. The summed E-state index contributed by atoms with van der Waals surface area (Å²) in [5.41, 5.74) is 2.49. The zero-order valence-corrected chi connectivity index (χ0v) is 30.1. The Morgan fingerprint density at radius 3 is 2.32 bits per heavy atom. The van der Waals surface area contributed by atoms with Gasteiger partial charge in [0.05, 0.1) is 42.5 Å². The van der Waals surface area contributed by atoms with E-state index in [2.05, 4.69) is 28.5 Å². The predicted octanol–water partition coefficient (Wildman–Crippen LogP) is 4.57. The molecule has 0 spiro atoms. The zero-order chi connectivity index (χ0) is 36.5. The van der Waals surface area contributed by atoms with Crippen LogP contribution in [0.3, 0.4) is 0 Å². The van der Waals surface area contributed by atoms with Crippen molar-refractivity contribution in [1.29, 1.82) is 0 Å². The molecule has 2 aliphatic heterocycles. The van der Waals surface area contributed by atoms with Crippen LogP contribution in [0, 0.1) is 11.8 Å². The molecule has 4 heterocycles. The van der Waals surface area contributed by atoms with E-state index in [1.54, 1.807) is 42.8 Å². The Hall–Kier alpha value is -5.57. The maximum absolute atomic E-state index is 14.0. The molecule has 1 atom stereocenters. The summed E-state index contributed by atoms with van der Waals surface area (Å²) in [5.74, 6) is 5.75. The van der Waals surface area contributed by atoms with Crippen LogP contribution in [-0.2, 0) is 29.7 Å². The molecule has 262 valence electrons. The minimum Gasteiger partial charge on any atom is -0.340 e. The number of hydrogen-bond acceptors (Lipinski definition) is 8. The van der Waals surface area contributed by atoms with Crippen molar-refractivity contribution in [3.05, 3.63) is 86.1 Å². The first-order chi connectivity index (χ1) is 24.2. The third kappa shape index (κ3) is 7.08. The number of aryl methyl sites for hydroxylation is 1. The van der Waals surface area contributed by atoms with Crippen molar-refractivity contribution < 1.29 is 9.59 Å². The van der Waals surface area contributed by atoms with Gasteiger partial charge >= 0.3 is 5.69 Å². The van der Waals surface area contributed by atoms with E-state index < -0.39 is 17.3 Å². The van der Waals surface area contributed by atoms with Crippen LogP contribution >= 0.6 is 0 Å². The highest BCUT2D eigenvalue weighted by Crippen LogP contribution is 2.31. The first-order valence-electron chi connectivity index (χ1n) is 17.0. The SMILES string of the molecule is C=Nc1ccccc1C(C)=NCCn1c(=O)c2c(nc(N3CCCC(N4C(=O)C(/C=C\C)=C(/C=C\C)C4=O)C3)n2CC#CC)n(C)c1=O.CC. The third-order valence-electron chi connectivity index (χ3n) is 8.66. The number of fused-ring (bicyclic) bond motifs is 1. The molecule has 2 amide bonds. The number of imidazole rings is 1. The average Bonchev–Trinajstić information content (AvgIpc) is 3.63. The molecule has 2 aromatic heterocycles. The minimum atomic E-state index is -0.504. The lowest BCUT2D eigenvalue weighted by atomic mass is 10.0. The van der Waals surface area contributed by atoms with E-state index in [-0.39, 0.29) is 42.6 Å². The molecule has 5 rings (SSSR count). The molecular formula is C38H46N8O4. The van der Waals surface area contributed by atoms with Gasteiger partial charge in [-0.25, -0.2) is 4.79 Å². The second kappa shape index (κ2) is 16.7. The first kappa shape index (κ1) is 37.3. The second-order valence-corrected chi connectivity index (χ2v) is 11.6. The van der Waals surface area contributed by atoms with Crippen LogP contribution in [-0.4, -0.2) is 73.5 Å². The van der Waals surface area contributed by atoms with Crippen molar-refractivity contribution in [1.82, 2.24) is 23.6 Å². The predicted molar refractivity (Wildman–Crippen MR) is 201 cm³/mol. The molecule has 0 bridgehead atoms. The van der Waals surface area contributed by atoms with E-state index in [9.17, 15) is 19.2 Å². The fourth-order valence-corrected chi connectivity index (χ4v) is 6.34. The smallest absolute Gasteiger partial charge is 0.332 e. The van der Waals surface area contributed by atoms with Crippen LogP contribution in [0.25, 0.3) is 11.2 Å². The van der Waals surface area contributed by atoms with Gasteiger partial charge < -0.3 is 4.90 Å². The van der Waals surface area contributed by atoms with Crippen LogP contribution < -0.4 is 16.1 Å². The van der Waals surface area contributed by atoms with E-state index in [4.69, 9.17) is 4.98 Å². The van der Waals surface area contributed by atoms with Crippen molar-refractivity contribution in [3.8, 4) is 11.8 Å². The van der Waals surface area contributed by atoms with E-state index >= 15 is 0 Å². The summed E-state index contributed by atoms with van der Waals surface area (Å²) in [7, 11) is 1.59. The Morgan fingerprint density at radius 1 is 1.04 bits per heavy atom. The topological polar surface area (TPSA) is 127 Å². The molecule has 1 saturated heterocycles. The monoisotopic (exact) mass is 678 g/mol. The standard InChI is InChI=1S/C36H40N8O4.C2H6/c1-7-10-21-42-30-31(40(6)36(48)43(34(30)47)22-19-38-24(4)26-17-11-12-18-29(26)37-5)39-35(42)41-20-13-16-25(23-41)44-32(45)27(14-8-2)28(15-9-3)33(44)46;1-2/h8-9,11-12,14-15,17-18,25H,5,13,16,19-23H2,1-4,6H3;1-2H3/b14-8-,15-9-,38-24?;. The maximum Gasteiger partial charge on any atom is 0.332 e. The van der Waals surface area contributed by atoms with E-state index in [1.165, 1.54) is 14.0 Å². The molecule has 1 fully saturated rings. The maximum atomic E-state index is 14.0. The summed E-state index contributed by atoms with van der Waals surface area (Å²) in [5, 5.41) is 0. The van der Waals surface area contributed by atoms with Gasteiger partial charge in [0, 0.05) is 31.4 Å². The number of allylic oxidation sites excluding steroid dienone is 2. The Bertz CT molecular complexity index is 2060. The lowest BCUT2D eigenvalue weighted by Gasteiger charge is -2.37. The average molecular weight is 679 g/mol. The van der Waals surface area contributed by atoms with Gasteiger partial charge in [0.25, 0.3) is 17.4 Å². The van der Waals surface area contributed by atoms with Gasteiger partial charge in [0.2, 0.25) is 5.95 Å². The molecular weight excluding hydrogens is 632 g/mol. The van der Waals surface area contributed by atoms with Crippen LogP contribution in [0.5, 0.6) is 0 Å². The van der Waals surface area contributed by atoms with Gasteiger partial charge in [-0.2, -0.15) is 4.98 Å². The lowest BCUT2D eigenvalue weighted by Crippen LogP contribution is -2.51. The summed E-state index contributed by atoms with van der Waals surface area (Å²) in [6, 6.07) is 7.09. The second-order valence-electron chi connectivity index (χ2n) is 11.6. The molecule has 12 nitrogen and oxygen atoms in total. The van der Waals surface area contributed by atoms with Crippen molar-refractivity contribution >= 4 is 47.0 Å². The van der Waals surface area contributed by atoms with Gasteiger partial charge in [0.1, 0.15) is 0 Å². The number of hydrogen-bond donors (Lipinski definition) is 0. The molecule has 1 aromatic carbocycles. The van der Waals surface area contributed by atoms with Gasteiger partial charge in [0.15, 0.2) is 11.2 Å². The van der Waals surface area contributed by atoms with Crippen LogP contribution in [0.2, 0.25) is 0 Å². The highest BCUT2D eigenvalue weighted by atomic mass is 16.2. The number of amides is 2. The number of aliphatic imine (C=N–C) groups is 2. The van der Waals surface area contributed by atoms with Gasteiger partial charge in [-0.3, -0.25) is 43.0 Å². The Kier molecular flexibility index (Phi) is 12.4. The Labute approximate surface area is 292 Å². The number of benzene rings is 1. The van der Waals surface area contributed by atoms with Crippen LogP contribution in [0.15, 0.2) is 79.3 Å². The summed E-state index contributed by atoms with van der Waals surface area (Å²) >= 11 is 0. The van der Waals surface area contributed by atoms with Crippen molar-refractivity contribution in [2.75, 3.05) is 24.5 Å². The summed E-state index contributed by atoms with van der Waals surface area (Å²) in [6.45, 7) is 16.1. The normalized spacial score (nSPS) is 16.8. The molecule has 1 unspecified atom stereocenters. The molecule has 12 heteroatoms. The van der Waals surface area contributed by atoms with E-state index in [0.29, 0.717) is 48.7 Å². The number of aromatic nitrogens is 4. The van der Waals surface area contributed by atoms with E-state index in [0.717, 1.165) is 11.3 Å². The number of carbonyl (C=O) groups is 2. The molecule has 0 N–H and O–H groups in total. The highest BCUT2D eigenvalue weighted by Gasteiger charge is 2.42. The number of para-hydroxylation sites is 1. The third-order valence-corrected chi connectivity index (χ3v) is 8.66. The largest absolute Gasteiger partial charge is 0.340 e. The molecule has 3 aromatic rings. The zero-order valence-electron chi connectivity index (χ0n) is 30.1. The van der Waals surface area contributed by atoms with Crippen molar-refractivity contribution in [2.45, 2.75) is 73.5 Å². The molecule has 2 aliphatic rings. The van der Waals surface area contributed by atoms with Gasteiger partial charge in [-0.05, 0) is 53.3 Å². The summed E-state index contributed by atoms with van der Waals surface area (Å²) in [4.78, 5) is 71.3. The Balaban J connectivity index is 0.00000276. The molecule has 0 aliphatic carbocycles. The number of carbonyl (C=O) groups excluding carboxylic acids is 2. The van der Waals surface area contributed by atoms with E-state index in [1.807, 2.05) is 63.8 Å². The number of nitrogens with zero attached hydrogens (tertiary/aromatic N) is 8. The number of piperidine rings is 1. The lowest BCUT2D eigenvalue weighted by molar-refractivity contribution is -0.140. The summed E-state index contributed by atoms with van der Waals surface area (Å²) in [6.07, 6.45) is 8.17. The fraction of sp³-hybridized carbons (Fsp3) is 0.395. The van der Waals surface area contributed by atoms with Crippen LogP contribution in [0.4, 0.5) is 11.6 Å². The van der Waals surface area contributed by atoms with Crippen LogP contribution in [0.1, 0.15) is 59.9 Å². The first-order valence-corrected chi connectivity index (χ1v) is 17.0. The van der Waals surface area contributed by atoms with Crippen molar-refractivity contribution in [2.24, 2.45) is 17.0 Å². The van der Waals surface area contributed by atoms with Gasteiger partial charge in [-0.15, -0.1) is 5.92 Å². The van der Waals surface area contributed by atoms with Crippen molar-refractivity contribution in [3.63, 3.8) is 0 Å². The Morgan fingerprint density at radius 2 is 1.70 bits per heavy atom. The molecule has 0 saturated carbocycles. The number of rotatable bonds is 10. The highest BCUT2D eigenvalue weighted by molar-refractivity contribution is 6.22. The number of anilines is 1. The minimum absolute atomic E-state index is 0.0590. The number of imide groups is 1. The molecule has 0 radical (unpaired) electrons. The summed E-state index contributed by atoms with van der Waals surface area (Å²) < 4.78 is 4.28. The fourth-order valence-electron chi connectivity index (χ4n) is 6.34. The van der Waals surface area contributed by atoms with Gasteiger partial charge in [-0.1, -0.05) is 62.3 Å².